The zero-order valence-electron chi connectivity index (χ0n) is 12.0. The molecule has 2 heterocycles. The second kappa shape index (κ2) is 6.19. The molecule has 0 aliphatic rings. The van der Waals surface area contributed by atoms with Gasteiger partial charge in [0.15, 0.2) is 0 Å². The van der Waals surface area contributed by atoms with Crippen LogP contribution in [0.3, 0.4) is 0 Å². The fourth-order valence-corrected chi connectivity index (χ4v) is 2.86. The van der Waals surface area contributed by atoms with Gasteiger partial charge in [0.1, 0.15) is 6.04 Å². The molecule has 0 radical (unpaired) electrons. The van der Waals surface area contributed by atoms with Crippen LogP contribution in [0.5, 0.6) is 0 Å². The van der Waals surface area contributed by atoms with Crippen molar-refractivity contribution in [1.29, 1.82) is 0 Å². The third-order valence-electron chi connectivity index (χ3n) is 3.44. The van der Waals surface area contributed by atoms with Crippen molar-refractivity contribution in [3.8, 4) is 0 Å². The van der Waals surface area contributed by atoms with E-state index >= 15 is 0 Å². The highest BCUT2D eigenvalue weighted by Crippen LogP contribution is 2.17. The van der Waals surface area contributed by atoms with Crippen LogP contribution in [0.4, 0.5) is 0 Å². The van der Waals surface area contributed by atoms with Crippen molar-refractivity contribution in [2.75, 3.05) is 7.05 Å². The number of carbonyl (C=O) groups excluding carboxylic acids is 1. The van der Waals surface area contributed by atoms with Crippen LogP contribution in [0.25, 0.3) is 0 Å². The van der Waals surface area contributed by atoms with Crippen LogP contribution in [-0.2, 0) is 18.3 Å². The molecule has 2 rings (SSSR count). The third-order valence-corrected chi connectivity index (χ3v) is 4.33. The summed E-state index contributed by atoms with van der Waals surface area (Å²) in [4.78, 5) is 15.4. The molecule has 5 nitrogen and oxygen atoms in total. The SMILES string of the molecule is CC(Cc1cccs1)N(C)C(=O)C(N)c1cnn(C)c1. The number of thiophene rings is 1. The van der Waals surface area contributed by atoms with Gasteiger partial charge < -0.3 is 10.6 Å². The summed E-state index contributed by atoms with van der Waals surface area (Å²) in [5.41, 5.74) is 6.77. The second-order valence-electron chi connectivity index (χ2n) is 5.01. The number of aromatic nitrogens is 2. The number of carbonyl (C=O) groups is 1. The summed E-state index contributed by atoms with van der Waals surface area (Å²) >= 11 is 1.71. The summed E-state index contributed by atoms with van der Waals surface area (Å²) in [7, 11) is 3.61. The zero-order chi connectivity index (χ0) is 14.7. The van der Waals surface area contributed by atoms with Crippen molar-refractivity contribution in [3.63, 3.8) is 0 Å². The molecular formula is C14H20N4OS. The minimum Gasteiger partial charge on any atom is -0.341 e. The van der Waals surface area contributed by atoms with Crippen molar-refractivity contribution < 1.29 is 4.79 Å². The topological polar surface area (TPSA) is 64.2 Å². The number of aryl methyl sites for hydroxylation is 1. The molecule has 2 N–H and O–H groups in total. The average molecular weight is 292 g/mol. The molecule has 0 aromatic carbocycles. The van der Waals surface area contributed by atoms with E-state index in [0.717, 1.165) is 12.0 Å². The molecule has 2 atom stereocenters. The van der Waals surface area contributed by atoms with Crippen LogP contribution in [0.2, 0.25) is 0 Å². The van der Waals surface area contributed by atoms with Gasteiger partial charge in [0.05, 0.1) is 6.20 Å². The molecule has 0 bridgehead atoms. The van der Waals surface area contributed by atoms with Gasteiger partial charge in [-0.15, -0.1) is 11.3 Å². The quantitative estimate of drug-likeness (QED) is 0.910. The highest BCUT2D eigenvalue weighted by Gasteiger charge is 2.24. The summed E-state index contributed by atoms with van der Waals surface area (Å²) in [6, 6.07) is 3.57. The van der Waals surface area contributed by atoms with Crippen molar-refractivity contribution in [2.24, 2.45) is 12.8 Å². The predicted molar refractivity (Wildman–Crippen MR) is 80.4 cm³/mol. The fourth-order valence-electron chi connectivity index (χ4n) is 2.04. The molecule has 108 valence electrons. The lowest BCUT2D eigenvalue weighted by molar-refractivity contribution is -0.133. The van der Waals surface area contributed by atoms with E-state index in [1.54, 1.807) is 40.4 Å². The zero-order valence-corrected chi connectivity index (χ0v) is 12.8. The molecule has 1 amide bonds. The summed E-state index contributed by atoms with van der Waals surface area (Å²) in [6.45, 7) is 2.04. The van der Waals surface area contributed by atoms with Gasteiger partial charge >= 0.3 is 0 Å². The molecule has 0 spiro atoms. The molecule has 0 fully saturated rings. The predicted octanol–water partition coefficient (Wildman–Crippen LogP) is 1.57. The van der Waals surface area contributed by atoms with E-state index in [0.29, 0.717) is 0 Å². The fraction of sp³-hybridized carbons (Fsp3) is 0.429. The maximum Gasteiger partial charge on any atom is 0.244 e. The molecular weight excluding hydrogens is 272 g/mol. The Labute approximate surface area is 123 Å². The van der Waals surface area contributed by atoms with Crippen LogP contribution < -0.4 is 5.73 Å². The Morgan fingerprint density at radius 1 is 1.60 bits per heavy atom. The van der Waals surface area contributed by atoms with Crippen molar-refractivity contribution in [3.05, 3.63) is 40.3 Å². The lowest BCUT2D eigenvalue weighted by Crippen LogP contribution is -2.41. The third kappa shape index (κ3) is 3.26. The Morgan fingerprint density at radius 2 is 2.35 bits per heavy atom. The second-order valence-corrected chi connectivity index (χ2v) is 6.04. The summed E-state index contributed by atoms with van der Waals surface area (Å²) < 4.78 is 1.65. The summed E-state index contributed by atoms with van der Waals surface area (Å²) in [6.07, 6.45) is 4.26. The normalized spacial score (nSPS) is 14.0. The molecule has 0 aliphatic heterocycles. The van der Waals surface area contributed by atoms with Gasteiger partial charge in [-0.1, -0.05) is 6.07 Å². The Hall–Kier alpha value is -1.66. The number of likely N-dealkylation sites (N-methyl/N-ethyl adjacent to an activating group) is 1. The number of hydrogen-bond donors (Lipinski definition) is 1. The van der Waals surface area contributed by atoms with Gasteiger partial charge in [-0.2, -0.15) is 5.10 Å². The Bertz CT molecular complexity index is 564. The molecule has 2 aromatic heterocycles. The standard InChI is InChI=1S/C14H20N4OS/c1-10(7-12-5-4-6-20-12)18(3)14(19)13(15)11-8-16-17(2)9-11/h4-6,8-10,13H,7,15H2,1-3H3. The van der Waals surface area contributed by atoms with Gasteiger partial charge in [-0.3, -0.25) is 9.48 Å². The maximum atomic E-state index is 12.4. The van der Waals surface area contributed by atoms with E-state index < -0.39 is 6.04 Å². The molecule has 0 saturated carbocycles. The van der Waals surface area contributed by atoms with E-state index in [1.165, 1.54) is 4.88 Å². The van der Waals surface area contributed by atoms with Crippen molar-refractivity contribution >= 4 is 17.2 Å². The van der Waals surface area contributed by atoms with Crippen LogP contribution in [0, 0.1) is 0 Å². The number of nitrogens with zero attached hydrogens (tertiary/aromatic N) is 3. The molecule has 6 heteroatoms. The Morgan fingerprint density at radius 3 is 2.90 bits per heavy atom. The van der Waals surface area contributed by atoms with Crippen LogP contribution in [-0.4, -0.2) is 33.7 Å². The van der Waals surface area contributed by atoms with E-state index in [4.69, 9.17) is 5.73 Å². The monoisotopic (exact) mass is 292 g/mol. The van der Waals surface area contributed by atoms with E-state index in [2.05, 4.69) is 11.2 Å². The van der Waals surface area contributed by atoms with Crippen LogP contribution >= 0.6 is 11.3 Å². The number of amides is 1. The molecule has 2 unspecified atom stereocenters. The Balaban J connectivity index is 2.00. The summed E-state index contributed by atoms with van der Waals surface area (Å²) in [5.74, 6) is -0.0814. The first-order chi connectivity index (χ1) is 9.49. The largest absolute Gasteiger partial charge is 0.341 e. The minimum absolute atomic E-state index is 0.0814. The van der Waals surface area contributed by atoms with Crippen molar-refractivity contribution in [1.82, 2.24) is 14.7 Å². The average Bonchev–Trinajstić information content (AvgIpc) is 3.07. The van der Waals surface area contributed by atoms with E-state index in [9.17, 15) is 4.79 Å². The highest BCUT2D eigenvalue weighted by atomic mass is 32.1. The molecule has 0 saturated heterocycles. The number of nitrogens with two attached hydrogens (primary N) is 1. The first-order valence-corrected chi connectivity index (χ1v) is 7.40. The van der Waals surface area contributed by atoms with E-state index in [-0.39, 0.29) is 11.9 Å². The van der Waals surface area contributed by atoms with Crippen molar-refractivity contribution in [2.45, 2.75) is 25.4 Å². The van der Waals surface area contributed by atoms with Crippen LogP contribution in [0.1, 0.15) is 23.4 Å². The number of hydrogen-bond acceptors (Lipinski definition) is 4. The smallest absolute Gasteiger partial charge is 0.244 e. The summed E-state index contributed by atoms with van der Waals surface area (Å²) in [5, 5.41) is 6.10. The number of rotatable bonds is 5. The maximum absolute atomic E-state index is 12.4. The minimum atomic E-state index is -0.653. The Kier molecular flexibility index (Phi) is 4.57. The van der Waals surface area contributed by atoms with Gasteiger partial charge in [-0.05, 0) is 18.4 Å². The first kappa shape index (κ1) is 14.7. The van der Waals surface area contributed by atoms with E-state index in [1.807, 2.05) is 25.4 Å². The highest BCUT2D eigenvalue weighted by molar-refractivity contribution is 7.09. The molecule has 2 aromatic rings. The lowest BCUT2D eigenvalue weighted by atomic mass is 10.1. The molecule has 0 aliphatic carbocycles. The lowest BCUT2D eigenvalue weighted by Gasteiger charge is -2.27. The van der Waals surface area contributed by atoms with Gasteiger partial charge in [0, 0.05) is 43.2 Å². The molecule has 20 heavy (non-hydrogen) atoms. The van der Waals surface area contributed by atoms with Crippen LogP contribution in [0.15, 0.2) is 29.9 Å². The first-order valence-electron chi connectivity index (χ1n) is 6.52. The van der Waals surface area contributed by atoms with Gasteiger partial charge in [0.25, 0.3) is 0 Å². The van der Waals surface area contributed by atoms with Gasteiger partial charge in [-0.25, -0.2) is 0 Å². The van der Waals surface area contributed by atoms with Gasteiger partial charge in [0.2, 0.25) is 5.91 Å².